The highest BCUT2D eigenvalue weighted by Crippen LogP contribution is 2.29. The van der Waals surface area contributed by atoms with Crippen LogP contribution in [-0.4, -0.2) is 37.1 Å². The molecule has 0 amide bonds. The normalized spacial score (nSPS) is 11.6. The van der Waals surface area contributed by atoms with Gasteiger partial charge in [-0.25, -0.2) is 4.68 Å². The molecule has 0 bridgehead atoms. The van der Waals surface area contributed by atoms with Crippen LogP contribution in [0.3, 0.4) is 0 Å². The number of tetrazole rings is 1. The molecule has 4 aromatic rings. The fourth-order valence-corrected chi connectivity index (χ4v) is 4.20. The monoisotopic (exact) mass is 367 g/mol. The molecule has 0 fully saturated rings. The number of fused-ring (bicyclic) bond motifs is 3. The number of para-hydroxylation sites is 1. The van der Waals surface area contributed by atoms with Crippen LogP contribution in [-0.2, 0) is 20.1 Å². The zero-order chi connectivity index (χ0) is 17.9. The molecule has 0 saturated carbocycles. The molecule has 6 nitrogen and oxygen atoms in total. The molecule has 7 heteroatoms. The van der Waals surface area contributed by atoms with Crippen molar-refractivity contribution in [3.8, 4) is 0 Å². The van der Waals surface area contributed by atoms with Crippen LogP contribution in [0.1, 0.15) is 12.5 Å². The quantitative estimate of drug-likeness (QED) is 0.402. The van der Waals surface area contributed by atoms with Gasteiger partial charge in [-0.15, -0.1) is 5.10 Å². The molecular formula is C19H23N6S+. The van der Waals surface area contributed by atoms with E-state index in [2.05, 4.69) is 74.8 Å². The fourth-order valence-electron chi connectivity index (χ4n) is 3.41. The molecule has 0 atom stereocenters. The number of thioether (sulfide) groups is 1. The summed E-state index contributed by atoms with van der Waals surface area (Å²) >= 11 is 1.69. The van der Waals surface area contributed by atoms with Crippen molar-refractivity contribution in [3.63, 3.8) is 0 Å². The van der Waals surface area contributed by atoms with E-state index < -0.39 is 0 Å². The number of nitrogens with zero attached hydrogens (tertiary/aromatic N) is 5. The van der Waals surface area contributed by atoms with E-state index in [0.717, 1.165) is 30.5 Å². The SMILES string of the molecule is CCn1c2ccccc2c2cc(C[NH2+]CCSc3nnnn3C)ccc21. The van der Waals surface area contributed by atoms with Gasteiger partial charge in [0.15, 0.2) is 0 Å². The predicted molar refractivity (Wildman–Crippen MR) is 105 cm³/mol. The summed E-state index contributed by atoms with van der Waals surface area (Å²) in [7, 11) is 1.87. The van der Waals surface area contributed by atoms with Gasteiger partial charge in [-0.3, -0.25) is 0 Å². The molecule has 2 aromatic carbocycles. The molecule has 0 unspecified atom stereocenters. The minimum atomic E-state index is 0.868. The minimum absolute atomic E-state index is 0.868. The second-order valence-corrected chi connectivity index (χ2v) is 7.39. The summed E-state index contributed by atoms with van der Waals surface area (Å²) < 4.78 is 4.10. The molecule has 134 valence electrons. The van der Waals surface area contributed by atoms with Crippen molar-refractivity contribution in [2.45, 2.75) is 25.2 Å². The lowest BCUT2D eigenvalue weighted by atomic mass is 10.1. The topological polar surface area (TPSA) is 65.1 Å². The molecule has 0 radical (unpaired) electrons. The van der Waals surface area contributed by atoms with E-state index in [1.165, 1.54) is 27.4 Å². The smallest absolute Gasteiger partial charge is 0.209 e. The molecule has 0 aliphatic heterocycles. The Morgan fingerprint density at radius 2 is 1.92 bits per heavy atom. The van der Waals surface area contributed by atoms with E-state index in [1.807, 2.05) is 7.05 Å². The van der Waals surface area contributed by atoms with E-state index in [1.54, 1.807) is 16.4 Å². The Balaban J connectivity index is 1.44. The first-order chi connectivity index (χ1) is 12.8. The molecule has 0 aliphatic rings. The summed E-state index contributed by atoms with van der Waals surface area (Å²) in [5, 5.41) is 17.4. The lowest BCUT2D eigenvalue weighted by Crippen LogP contribution is -2.83. The van der Waals surface area contributed by atoms with Crippen LogP contribution in [0.5, 0.6) is 0 Å². The number of hydrogen-bond acceptors (Lipinski definition) is 4. The average Bonchev–Trinajstić information content (AvgIpc) is 3.22. The molecular weight excluding hydrogens is 344 g/mol. The number of nitrogens with two attached hydrogens (primary N) is 1. The van der Waals surface area contributed by atoms with E-state index in [9.17, 15) is 0 Å². The van der Waals surface area contributed by atoms with Crippen molar-refractivity contribution in [1.82, 2.24) is 24.8 Å². The van der Waals surface area contributed by atoms with Gasteiger partial charge >= 0.3 is 0 Å². The Morgan fingerprint density at radius 1 is 1.08 bits per heavy atom. The Hall–Kier alpha value is -2.38. The predicted octanol–water partition coefficient (Wildman–Crippen LogP) is 2.19. The van der Waals surface area contributed by atoms with Gasteiger partial charge in [0.05, 0.1) is 12.3 Å². The molecule has 2 N–H and O–H groups in total. The highest BCUT2D eigenvalue weighted by molar-refractivity contribution is 7.99. The summed E-state index contributed by atoms with van der Waals surface area (Å²) in [5.74, 6) is 0.992. The van der Waals surface area contributed by atoms with Gasteiger partial charge in [0, 0.05) is 41.0 Å². The summed E-state index contributed by atoms with van der Waals surface area (Å²) in [6.45, 7) is 5.22. The lowest BCUT2D eigenvalue weighted by Gasteiger charge is -2.04. The van der Waals surface area contributed by atoms with Gasteiger partial charge in [-0.05, 0) is 35.5 Å². The number of aryl methyl sites for hydroxylation is 2. The molecule has 0 spiro atoms. The minimum Gasteiger partial charge on any atom is -0.342 e. The fraction of sp³-hybridized carbons (Fsp3) is 0.316. The van der Waals surface area contributed by atoms with Crippen LogP contribution in [0.2, 0.25) is 0 Å². The Bertz CT molecular complexity index is 1040. The molecule has 2 heterocycles. The van der Waals surface area contributed by atoms with Crippen LogP contribution >= 0.6 is 11.8 Å². The lowest BCUT2D eigenvalue weighted by molar-refractivity contribution is -0.666. The van der Waals surface area contributed by atoms with Crippen molar-refractivity contribution < 1.29 is 5.32 Å². The third kappa shape index (κ3) is 3.20. The van der Waals surface area contributed by atoms with Crippen molar-refractivity contribution >= 4 is 33.6 Å². The molecule has 0 saturated heterocycles. The Kier molecular flexibility index (Phi) is 4.90. The standard InChI is InChI=1S/C19H22N6S/c1-3-25-17-7-5-4-6-15(17)16-12-14(8-9-18(16)25)13-20-10-11-26-19-21-22-23-24(19)2/h4-9,12,20H,3,10-11,13H2,1-2H3/p+1. The number of benzene rings is 2. The Labute approximate surface area is 156 Å². The molecule has 0 aliphatic carbocycles. The number of rotatable bonds is 7. The van der Waals surface area contributed by atoms with Crippen molar-refractivity contribution in [2.24, 2.45) is 7.05 Å². The zero-order valence-electron chi connectivity index (χ0n) is 15.1. The van der Waals surface area contributed by atoms with Crippen LogP contribution < -0.4 is 5.32 Å². The number of quaternary nitrogens is 1. The second-order valence-electron chi connectivity index (χ2n) is 6.33. The van der Waals surface area contributed by atoms with Gasteiger partial charge in [0.1, 0.15) is 6.54 Å². The van der Waals surface area contributed by atoms with E-state index in [0.29, 0.717) is 0 Å². The highest BCUT2D eigenvalue weighted by atomic mass is 32.2. The third-order valence-corrected chi connectivity index (χ3v) is 5.71. The summed E-state index contributed by atoms with van der Waals surface area (Å²) in [6, 6.07) is 15.5. The van der Waals surface area contributed by atoms with Gasteiger partial charge < -0.3 is 9.88 Å². The average molecular weight is 368 g/mol. The maximum atomic E-state index is 3.99. The third-order valence-electron chi connectivity index (χ3n) is 4.67. The first kappa shape index (κ1) is 17.1. The van der Waals surface area contributed by atoms with E-state index >= 15 is 0 Å². The van der Waals surface area contributed by atoms with Gasteiger partial charge in [-0.1, -0.05) is 36.0 Å². The summed E-state index contributed by atoms with van der Waals surface area (Å²) in [6.07, 6.45) is 0. The molecule has 26 heavy (non-hydrogen) atoms. The van der Waals surface area contributed by atoms with Crippen LogP contribution in [0.4, 0.5) is 0 Å². The Morgan fingerprint density at radius 3 is 2.73 bits per heavy atom. The van der Waals surface area contributed by atoms with Gasteiger partial charge in [0.2, 0.25) is 5.16 Å². The van der Waals surface area contributed by atoms with Crippen molar-refractivity contribution in [3.05, 3.63) is 48.0 Å². The highest BCUT2D eigenvalue weighted by Gasteiger charge is 2.10. The van der Waals surface area contributed by atoms with Crippen molar-refractivity contribution in [1.29, 1.82) is 0 Å². The molecule has 2 aromatic heterocycles. The maximum Gasteiger partial charge on any atom is 0.209 e. The van der Waals surface area contributed by atoms with Gasteiger partial charge in [-0.2, -0.15) is 0 Å². The number of hydrogen-bond donors (Lipinski definition) is 1. The van der Waals surface area contributed by atoms with Gasteiger partial charge in [0.25, 0.3) is 0 Å². The summed E-state index contributed by atoms with van der Waals surface area (Å²) in [5.41, 5.74) is 4.00. The number of aromatic nitrogens is 5. The van der Waals surface area contributed by atoms with E-state index in [-0.39, 0.29) is 0 Å². The van der Waals surface area contributed by atoms with E-state index in [4.69, 9.17) is 0 Å². The second kappa shape index (κ2) is 7.47. The zero-order valence-corrected chi connectivity index (χ0v) is 15.9. The maximum absolute atomic E-state index is 3.99. The largest absolute Gasteiger partial charge is 0.342 e. The first-order valence-electron chi connectivity index (χ1n) is 8.94. The molecule has 4 rings (SSSR count). The van der Waals surface area contributed by atoms with Crippen LogP contribution in [0.25, 0.3) is 21.8 Å². The first-order valence-corrected chi connectivity index (χ1v) is 9.93. The van der Waals surface area contributed by atoms with Crippen molar-refractivity contribution in [2.75, 3.05) is 12.3 Å². The van der Waals surface area contributed by atoms with Crippen LogP contribution in [0, 0.1) is 0 Å². The summed E-state index contributed by atoms with van der Waals surface area (Å²) in [4.78, 5) is 0. The van der Waals surface area contributed by atoms with Crippen LogP contribution in [0.15, 0.2) is 47.6 Å².